The van der Waals surface area contributed by atoms with E-state index in [-0.39, 0.29) is 0 Å². The third kappa shape index (κ3) is 3.58. The molecule has 0 aliphatic carbocycles. The van der Waals surface area contributed by atoms with Crippen molar-refractivity contribution in [2.45, 2.75) is 58.2 Å². The van der Waals surface area contributed by atoms with Crippen molar-refractivity contribution in [2.24, 2.45) is 0 Å². The van der Waals surface area contributed by atoms with Gasteiger partial charge < -0.3 is 5.32 Å². The van der Waals surface area contributed by atoms with Gasteiger partial charge in [0.25, 0.3) is 0 Å². The second kappa shape index (κ2) is 7.06. The summed E-state index contributed by atoms with van der Waals surface area (Å²) in [5.41, 5.74) is 1.45. The largest absolute Gasteiger partial charge is 0.311 e. The first-order chi connectivity index (χ1) is 9.26. The van der Waals surface area contributed by atoms with E-state index < -0.39 is 0 Å². The molecule has 1 aliphatic heterocycles. The molecule has 1 heterocycles. The van der Waals surface area contributed by atoms with E-state index >= 15 is 0 Å². The Bertz CT molecular complexity index is 363. The zero-order valence-corrected chi connectivity index (χ0v) is 12.6. The van der Waals surface area contributed by atoms with E-state index in [0.29, 0.717) is 18.1 Å². The number of nitrogens with one attached hydrogen (secondary N) is 1. The molecule has 106 valence electrons. The summed E-state index contributed by atoms with van der Waals surface area (Å²) < 4.78 is 0. The van der Waals surface area contributed by atoms with Gasteiger partial charge in [0.15, 0.2) is 0 Å². The summed E-state index contributed by atoms with van der Waals surface area (Å²) >= 11 is 0. The van der Waals surface area contributed by atoms with Gasteiger partial charge in [-0.1, -0.05) is 50.6 Å². The molecule has 0 radical (unpaired) electrons. The molecule has 3 unspecified atom stereocenters. The van der Waals surface area contributed by atoms with Gasteiger partial charge in [-0.15, -0.1) is 0 Å². The van der Waals surface area contributed by atoms with Crippen molar-refractivity contribution in [3.05, 3.63) is 35.9 Å². The van der Waals surface area contributed by atoms with Gasteiger partial charge in [0.2, 0.25) is 0 Å². The summed E-state index contributed by atoms with van der Waals surface area (Å²) in [5.74, 6) is 0. The third-order valence-corrected chi connectivity index (χ3v) is 4.41. The van der Waals surface area contributed by atoms with Crippen LogP contribution in [-0.2, 0) is 0 Å². The highest BCUT2D eigenvalue weighted by Gasteiger charge is 2.30. The number of piperazine rings is 1. The summed E-state index contributed by atoms with van der Waals surface area (Å²) in [6.45, 7) is 9.20. The molecule has 2 rings (SSSR count). The summed E-state index contributed by atoms with van der Waals surface area (Å²) in [5, 5.41) is 3.74. The number of benzene rings is 1. The average molecular weight is 260 g/mol. The molecule has 2 nitrogen and oxygen atoms in total. The van der Waals surface area contributed by atoms with E-state index in [1.807, 2.05) is 0 Å². The van der Waals surface area contributed by atoms with Crippen molar-refractivity contribution in [3.8, 4) is 0 Å². The molecule has 3 atom stereocenters. The number of nitrogens with zero attached hydrogens (tertiary/aromatic N) is 1. The molecule has 0 amide bonds. The minimum Gasteiger partial charge on any atom is -0.311 e. The molecule has 0 aromatic heterocycles. The van der Waals surface area contributed by atoms with Gasteiger partial charge in [-0.2, -0.15) is 0 Å². The molecule has 0 saturated carbocycles. The number of hydrogen-bond donors (Lipinski definition) is 1. The zero-order valence-electron chi connectivity index (χ0n) is 12.6. The molecule has 19 heavy (non-hydrogen) atoms. The molecular weight excluding hydrogens is 232 g/mol. The van der Waals surface area contributed by atoms with E-state index in [9.17, 15) is 0 Å². The van der Waals surface area contributed by atoms with Gasteiger partial charge in [0.1, 0.15) is 0 Å². The second-order valence-corrected chi connectivity index (χ2v) is 5.77. The van der Waals surface area contributed by atoms with E-state index in [0.717, 1.165) is 6.54 Å². The maximum Gasteiger partial charge on any atom is 0.0476 e. The van der Waals surface area contributed by atoms with Crippen LogP contribution in [0.15, 0.2) is 30.3 Å². The van der Waals surface area contributed by atoms with Crippen LogP contribution in [0.4, 0.5) is 0 Å². The fourth-order valence-corrected chi connectivity index (χ4v) is 3.09. The predicted molar refractivity (Wildman–Crippen MR) is 82.3 cm³/mol. The van der Waals surface area contributed by atoms with Crippen LogP contribution in [0, 0.1) is 0 Å². The topological polar surface area (TPSA) is 15.3 Å². The highest BCUT2D eigenvalue weighted by atomic mass is 15.3. The standard InChI is InChI=1S/C17H28N2/c1-4-9-16-13-19(14(3)5-2)17(12-18-16)15-10-7-6-8-11-15/h6-8,10-11,14,16-18H,4-5,9,12-13H2,1-3H3. The Labute approximate surface area is 118 Å². The van der Waals surface area contributed by atoms with Gasteiger partial charge in [-0.25, -0.2) is 0 Å². The second-order valence-electron chi connectivity index (χ2n) is 5.77. The molecule has 1 aromatic rings. The van der Waals surface area contributed by atoms with Crippen LogP contribution in [0.3, 0.4) is 0 Å². The predicted octanol–water partition coefficient (Wildman–Crippen LogP) is 3.60. The normalized spacial score (nSPS) is 26.3. The van der Waals surface area contributed by atoms with Crippen LogP contribution < -0.4 is 5.32 Å². The Morgan fingerprint density at radius 1 is 1.26 bits per heavy atom. The fourth-order valence-electron chi connectivity index (χ4n) is 3.09. The molecule has 2 heteroatoms. The monoisotopic (exact) mass is 260 g/mol. The molecule has 1 saturated heterocycles. The lowest BCUT2D eigenvalue weighted by molar-refractivity contribution is 0.0840. The highest BCUT2D eigenvalue weighted by molar-refractivity contribution is 5.20. The first kappa shape index (κ1) is 14.5. The van der Waals surface area contributed by atoms with Crippen LogP contribution in [-0.4, -0.2) is 30.1 Å². The Kier molecular flexibility index (Phi) is 5.41. The quantitative estimate of drug-likeness (QED) is 0.870. The minimum atomic E-state index is 0.532. The lowest BCUT2D eigenvalue weighted by Gasteiger charge is -2.44. The molecular formula is C17H28N2. The Balaban J connectivity index is 2.13. The van der Waals surface area contributed by atoms with Gasteiger partial charge in [-0.05, 0) is 25.3 Å². The van der Waals surface area contributed by atoms with Crippen LogP contribution in [0.2, 0.25) is 0 Å². The molecule has 1 N–H and O–H groups in total. The molecule has 0 spiro atoms. The summed E-state index contributed by atoms with van der Waals surface area (Å²) in [6.07, 6.45) is 3.78. The third-order valence-electron chi connectivity index (χ3n) is 4.41. The zero-order chi connectivity index (χ0) is 13.7. The molecule has 0 bridgehead atoms. The summed E-state index contributed by atoms with van der Waals surface area (Å²) in [7, 11) is 0. The maximum absolute atomic E-state index is 3.74. The lowest BCUT2D eigenvalue weighted by Crippen LogP contribution is -2.54. The summed E-state index contributed by atoms with van der Waals surface area (Å²) in [6, 6.07) is 12.8. The van der Waals surface area contributed by atoms with Crippen molar-refractivity contribution < 1.29 is 0 Å². The van der Waals surface area contributed by atoms with Crippen LogP contribution in [0.1, 0.15) is 51.6 Å². The van der Waals surface area contributed by atoms with Crippen molar-refractivity contribution in [2.75, 3.05) is 13.1 Å². The summed E-state index contributed by atoms with van der Waals surface area (Å²) in [4.78, 5) is 2.70. The smallest absolute Gasteiger partial charge is 0.0476 e. The number of rotatable bonds is 5. The van der Waals surface area contributed by atoms with Crippen LogP contribution in [0.25, 0.3) is 0 Å². The molecule has 1 aromatic carbocycles. The van der Waals surface area contributed by atoms with E-state index in [4.69, 9.17) is 0 Å². The van der Waals surface area contributed by atoms with Crippen molar-refractivity contribution in [1.29, 1.82) is 0 Å². The first-order valence-electron chi connectivity index (χ1n) is 7.80. The molecule has 1 fully saturated rings. The van der Waals surface area contributed by atoms with Gasteiger partial charge in [-0.3, -0.25) is 4.90 Å². The Morgan fingerprint density at radius 3 is 2.63 bits per heavy atom. The van der Waals surface area contributed by atoms with Crippen molar-refractivity contribution >= 4 is 0 Å². The maximum atomic E-state index is 3.74. The first-order valence-corrected chi connectivity index (χ1v) is 7.80. The minimum absolute atomic E-state index is 0.532. The van der Waals surface area contributed by atoms with Crippen LogP contribution in [0.5, 0.6) is 0 Å². The van der Waals surface area contributed by atoms with E-state index in [1.165, 1.54) is 31.4 Å². The number of hydrogen-bond acceptors (Lipinski definition) is 2. The Morgan fingerprint density at radius 2 is 2.00 bits per heavy atom. The fraction of sp³-hybridized carbons (Fsp3) is 0.647. The van der Waals surface area contributed by atoms with E-state index in [1.54, 1.807) is 0 Å². The lowest BCUT2D eigenvalue weighted by atomic mass is 9.97. The SMILES string of the molecule is CCCC1CN(C(C)CC)C(c2ccccc2)CN1. The Hall–Kier alpha value is -0.860. The average Bonchev–Trinajstić information content (AvgIpc) is 2.47. The van der Waals surface area contributed by atoms with Gasteiger partial charge in [0, 0.05) is 31.2 Å². The van der Waals surface area contributed by atoms with Gasteiger partial charge in [0.05, 0.1) is 0 Å². The highest BCUT2D eigenvalue weighted by Crippen LogP contribution is 2.27. The van der Waals surface area contributed by atoms with Crippen molar-refractivity contribution in [1.82, 2.24) is 10.2 Å². The van der Waals surface area contributed by atoms with Crippen LogP contribution >= 0.6 is 0 Å². The van der Waals surface area contributed by atoms with Crippen molar-refractivity contribution in [3.63, 3.8) is 0 Å². The van der Waals surface area contributed by atoms with E-state index in [2.05, 4.69) is 61.3 Å². The molecule has 1 aliphatic rings. The van der Waals surface area contributed by atoms with Gasteiger partial charge >= 0.3 is 0 Å².